The standard InChI is InChI=1S/C25H16FNO5/c26-16-9-3-2-8-15(16)22-21(23(29)20-13-14-7-1-6-12-19(14)32-20)24(30)25(31)27(22)17-10-4-5-11-18(17)28/h1-13,22,28,30H. The molecule has 158 valence electrons. The van der Waals surface area contributed by atoms with E-state index in [1.807, 2.05) is 0 Å². The highest BCUT2D eigenvalue weighted by atomic mass is 19.1. The molecule has 0 aliphatic carbocycles. The summed E-state index contributed by atoms with van der Waals surface area (Å²) in [4.78, 5) is 27.5. The van der Waals surface area contributed by atoms with Crippen molar-refractivity contribution in [1.82, 2.24) is 0 Å². The highest BCUT2D eigenvalue weighted by Crippen LogP contribution is 2.45. The largest absolute Gasteiger partial charge is 0.506 e. The van der Waals surface area contributed by atoms with E-state index >= 15 is 0 Å². The number of halogens is 1. The minimum absolute atomic E-state index is 0.00684. The van der Waals surface area contributed by atoms with Crippen LogP contribution in [0.1, 0.15) is 22.2 Å². The molecule has 0 spiro atoms. The average molecular weight is 429 g/mol. The molecule has 7 heteroatoms. The number of benzene rings is 3. The van der Waals surface area contributed by atoms with Crippen molar-refractivity contribution < 1.29 is 28.6 Å². The lowest BCUT2D eigenvalue weighted by atomic mass is 9.94. The zero-order valence-electron chi connectivity index (χ0n) is 16.5. The molecule has 1 atom stereocenters. The number of fused-ring (bicyclic) bond motifs is 1. The molecule has 1 unspecified atom stereocenters. The molecule has 0 saturated heterocycles. The van der Waals surface area contributed by atoms with E-state index in [0.717, 1.165) is 4.90 Å². The number of aliphatic hydroxyl groups is 1. The number of para-hydroxylation sites is 3. The van der Waals surface area contributed by atoms with Crippen molar-refractivity contribution in [3.8, 4) is 5.75 Å². The Balaban J connectivity index is 1.70. The topological polar surface area (TPSA) is 91.0 Å². The van der Waals surface area contributed by atoms with Crippen molar-refractivity contribution >= 4 is 28.3 Å². The molecule has 1 aromatic heterocycles. The maximum absolute atomic E-state index is 14.9. The smallest absolute Gasteiger partial charge is 0.294 e. The number of anilines is 1. The van der Waals surface area contributed by atoms with E-state index in [4.69, 9.17) is 4.42 Å². The number of hydrogen-bond donors (Lipinski definition) is 2. The fourth-order valence-corrected chi connectivity index (χ4v) is 3.97. The second kappa shape index (κ2) is 7.39. The molecule has 3 aromatic carbocycles. The number of carbonyl (C=O) groups excluding carboxylic acids is 2. The van der Waals surface area contributed by atoms with Crippen LogP contribution in [0.4, 0.5) is 10.1 Å². The molecule has 0 bridgehead atoms. The van der Waals surface area contributed by atoms with E-state index < -0.39 is 29.3 Å². The number of phenolic OH excluding ortho intramolecular Hbond substituents is 1. The number of phenols is 1. The molecule has 6 nitrogen and oxygen atoms in total. The summed E-state index contributed by atoms with van der Waals surface area (Å²) in [6.07, 6.45) is 0. The van der Waals surface area contributed by atoms with Crippen LogP contribution in [0, 0.1) is 5.82 Å². The first-order valence-electron chi connectivity index (χ1n) is 9.79. The van der Waals surface area contributed by atoms with E-state index in [2.05, 4.69) is 0 Å². The van der Waals surface area contributed by atoms with Crippen LogP contribution in [0.15, 0.2) is 94.6 Å². The van der Waals surface area contributed by atoms with Crippen LogP contribution in [0.3, 0.4) is 0 Å². The lowest BCUT2D eigenvalue weighted by Gasteiger charge is -2.27. The number of hydrogen-bond acceptors (Lipinski definition) is 5. The Morgan fingerprint density at radius 2 is 1.62 bits per heavy atom. The highest BCUT2D eigenvalue weighted by Gasteiger charge is 2.47. The monoisotopic (exact) mass is 429 g/mol. The third-order valence-corrected chi connectivity index (χ3v) is 5.44. The maximum Gasteiger partial charge on any atom is 0.294 e. The van der Waals surface area contributed by atoms with Gasteiger partial charge in [0.1, 0.15) is 17.1 Å². The molecule has 2 heterocycles. The third kappa shape index (κ3) is 2.94. The van der Waals surface area contributed by atoms with Crippen LogP contribution in [0.2, 0.25) is 0 Å². The summed E-state index contributed by atoms with van der Waals surface area (Å²) in [5.74, 6) is -3.53. The van der Waals surface area contributed by atoms with Gasteiger partial charge in [0.2, 0.25) is 5.78 Å². The van der Waals surface area contributed by atoms with E-state index in [1.54, 1.807) is 42.5 Å². The number of carbonyl (C=O) groups is 2. The Bertz CT molecular complexity index is 1390. The molecule has 2 N–H and O–H groups in total. The first-order valence-corrected chi connectivity index (χ1v) is 9.79. The first kappa shape index (κ1) is 19.6. The number of rotatable bonds is 4. The van der Waals surface area contributed by atoms with Crippen LogP contribution in [0.25, 0.3) is 11.0 Å². The number of Topliss-reactive ketones (excluding diaryl/α,β-unsaturated/α-hetero) is 1. The van der Waals surface area contributed by atoms with Crippen LogP contribution >= 0.6 is 0 Å². The predicted octanol–water partition coefficient (Wildman–Crippen LogP) is 5.06. The fraction of sp³-hybridized carbons (Fsp3) is 0.0400. The summed E-state index contributed by atoms with van der Waals surface area (Å²) in [5.41, 5.74) is 0.153. The summed E-state index contributed by atoms with van der Waals surface area (Å²) >= 11 is 0. The van der Waals surface area contributed by atoms with E-state index in [9.17, 15) is 24.2 Å². The molecule has 0 saturated carbocycles. The number of amides is 1. The van der Waals surface area contributed by atoms with Crippen LogP contribution in [0.5, 0.6) is 5.75 Å². The molecule has 0 radical (unpaired) electrons. The Kier molecular flexibility index (Phi) is 4.52. The number of nitrogens with zero attached hydrogens (tertiary/aromatic N) is 1. The van der Waals surface area contributed by atoms with Crippen LogP contribution in [-0.4, -0.2) is 21.9 Å². The maximum atomic E-state index is 14.9. The number of furan rings is 1. The van der Waals surface area contributed by atoms with Gasteiger partial charge in [0.15, 0.2) is 11.5 Å². The molecule has 1 aliphatic heterocycles. The van der Waals surface area contributed by atoms with Crippen LogP contribution in [-0.2, 0) is 4.79 Å². The molecule has 32 heavy (non-hydrogen) atoms. The average Bonchev–Trinajstić information content (AvgIpc) is 3.34. The molecular weight excluding hydrogens is 413 g/mol. The SMILES string of the molecule is O=C(C1=C(O)C(=O)N(c2ccccc2O)C1c1ccccc1F)c1cc2ccccc2o1. The zero-order valence-corrected chi connectivity index (χ0v) is 16.5. The Morgan fingerprint density at radius 3 is 2.38 bits per heavy atom. The molecular formula is C25H16FNO5. The van der Waals surface area contributed by atoms with Gasteiger partial charge in [0.25, 0.3) is 5.91 Å². The van der Waals surface area contributed by atoms with Gasteiger partial charge in [0.05, 0.1) is 17.3 Å². The number of aliphatic hydroxyl groups excluding tert-OH is 1. The van der Waals surface area contributed by atoms with Crippen molar-refractivity contribution in [2.24, 2.45) is 0 Å². The first-order chi connectivity index (χ1) is 15.5. The lowest BCUT2D eigenvalue weighted by molar-refractivity contribution is -0.117. The molecule has 1 aliphatic rings. The van der Waals surface area contributed by atoms with Crippen molar-refractivity contribution in [1.29, 1.82) is 0 Å². The number of ketones is 1. The van der Waals surface area contributed by atoms with Gasteiger partial charge in [-0.25, -0.2) is 4.39 Å². The molecule has 0 fully saturated rings. The fourth-order valence-electron chi connectivity index (χ4n) is 3.97. The van der Waals surface area contributed by atoms with E-state index in [-0.39, 0.29) is 28.3 Å². The normalized spacial score (nSPS) is 16.2. The van der Waals surface area contributed by atoms with Crippen LogP contribution < -0.4 is 4.90 Å². The second-order valence-corrected chi connectivity index (χ2v) is 7.33. The van der Waals surface area contributed by atoms with E-state index in [1.165, 1.54) is 36.4 Å². The van der Waals surface area contributed by atoms with Crippen molar-refractivity contribution in [3.63, 3.8) is 0 Å². The van der Waals surface area contributed by atoms with Gasteiger partial charge in [-0.05, 0) is 30.3 Å². The van der Waals surface area contributed by atoms with Gasteiger partial charge in [-0.2, -0.15) is 0 Å². The summed E-state index contributed by atoms with van der Waals surface area (Å²) in [6.45, 7) is 0. The lowest BCUT2D eigenvalue weighted by Crippen LogP contribution is -2.31. The summed E-state index contributed by atoms with van der Waals surface area (Å²) < 4.78 is 20.5. The number of aromatic hydroxyl groups is 1. The highest BCUT2D eigenvalue weighted by molar-refractivity contribution is 6.21. The molecule has 1 amide bonds. The molecule has 4 aromatic rings. The van der Waals surface area contributed by atoms with E-state index in [0.29, 0.717) is 11.0 Å². The van der Waals surface area contributed by atoms with Crippen molar-refractivity contribution in [2.75, 3.05) is 4.90 Å². The quantitative estimate of drug-likeness (QED) is 0.443. The van der Waals surface area contributed by atoms with Gasteiger partial charge in [-0.3, -0.25) is 14.5 Å². The molecule has 5 rings (SSSR count). The summed E-state index contributed by atoms with van der Waals surface area (Å²) in [6, 6.07) is 18.8. The second-order valence-electron chi connectivity index (χ2n) is 7.33. The van der Waals surface area contributed by atoms with Gasteiger partial charge < -0.3 is 14.6 Å². The minimum Gasteiger partial charge on any atom is -0.506 e. The third-order valence-electron chi connectivity index (χ3n) is 5.44. The predicted molar refractivity (Wildman–Crippen MR) is 115 cm³/mol. The Hall–Kier alpha value is -4.39. The Morgan fingerprint density at radius 1 is 0.938 bits per heavy atom. The summed E-state index contributed by atoms with van der Waals surface area (Å²) in [5, 5.41) is 21.8. The van der Waals surface area contributed by atoms with Crippen molar-refractivity contribution in [2.45, 2.75) is 6.04 Å². The van der Waals surface area contributed by atoms with Gasteiger partial charge in [-0.1, -0.05) is 48.5 Å². The van der Waals surface area contributed by atoms with Gasteiger partial charge >= 0.3 is 0 Å². The zero-order chi connectivity index (χ0) is 22.4. The summed E-state index contributed by atoms with van der Waals surface area (Å²) in [7, 11) is 0. The van der Waals surface area contributed by atoms with Gasteiger partial charge in [0, 0.05) is 10.9 Å². The van der Waals surface area contributed by atoms with Crippen molar-refractivity contribution in [3.05, 3.63) is 107 Å². The minimum atomic E-state index is -1.31. The Labute approximate surface area is 181 Å². The van der Waals surface area contributed by atoms with Gasteiger partial charge in [-0.15, -0.1) is 0 Å².